The van der Waals surface area contributed by atoms with Gasteiger partial charge in [-0.15, -0.1) is 0 Å². The molecule has 100 valence electrons. The van der Waals surface area contributed by atoms with E-state index in [1.165, 1.54) is 12.8 Å². The largest absolute Gasteiger partial charge is 0.389 e. The number of aliphatic hydroxyl groups is 1. The van der Waals surface area contributed by atoms with Crippen molar-refractivity contribution < 1.29 is 18.3 Å². The van der Waals surface area contributed by atoms with Gasteiger partial charge in [0, 0.05) is 0 Å². The van der Waals surface area contributed by atoms with Crippen molar-refractivity contribution in [3.8, 4) is 0 Å². The van der Waals surface area contributed by atoms with Crippen molar-refractivity contribution in [1.82, 2.24) is 4.72 Å². The van der Waals surface area contributed by atoms with E-state index in [1.807, 2.05) is 0 Å². The molecule has 6 heteroatoms. The third kappa shape index (κ3) is 3.91. The highest BCUT2D eigenvalue weighted by molar-refractivity contribution is 7.89. The van der Waals surface area contributed by atoms with Crippen LogP contribution in [0.2, 0.25) is 0 Å². The molecule has 2 atom stereocenters. The maximum atomic E-state index is 11.8. The molecule has 0 bridgehead atoms. The van der Waals surface area contributed by atoms with E-state index in [-0.39, 0.29) is 19.0 Å². The van der Waals surface area contributed by atoms with Crippen molar-refractivity contribution in [3.05, 3.63) is 0 Å². The highest BCUT2D eigenvalue weighted by Crippen LogP contribution is 2.27. The molecule has 0 unspecified atom stereocenters. The molecule has 0 aromatic heterocycles. The lowest BCUT2D eigenvalue weighted by atomic mass is 10.1. The first-order chi connectivity index (χ1) is 8.07. The van der Waals surface area contributed by atoms with E-state index in [4.69, 9.17) is 4.74 Å². The van der Waals surface area contributed by atoms with Crippen LogP contribution in [0, 0.1) is 5.92 Å². The van der Waals surface area contributed by atoms with Crippen LogP contribution in [0.15, 0.2) is 0 Å². The Morgan fingerprint density at radius 2 is 1.94 bits per heavy atom. The van der Waals surface area contributed by atoms with Gasteiger partial charge in [-0.3, -0.25) is 0 Å². The maximum absolute atomic E-state index is 11.8. The van der Waals surface area contributed by atoms with Crippen molar-refractivity contribution in [2.24, 2.45) is 5.92 Å². The normalized spacial score (nSPS) is 31.1. The third-order valence-electron chi connectivity index (χ3n) is 3.65. The average Bonchev–Trinajstić information content (AvgIpc) is 2.88. The first kappa shape index (κ1) is 13.3. The quantitative estimate of drug-likeness (QED) is 0.745. The molecule has 1 heterocycles. The van der Waals surface area contributed by atoms with E-state index < -0.39 is 22.2 Å². The lowest BCUT2D eigenvalue weighted by Crippen LogP contribution is -2.43. The Morgan fingerprint density at radius 1 is 1.24 bits per heavy atom. The molecule has 5 nitrogen and oxygen atoms in total. The summed E-state index contributed by atoms with van der Waals surface area (Å²) in [5.74, 6) is 0.734. The van der Waals surface area contributed by atoms with Crippen LogP contribution in [-0.2, 0) is 14.8 Å². The van der Waals surface area contributed by atoms with Crippen molar-refractivity contribution in [2.75, 3.05) is 19.0 Å². The number of hydrogen-bond donors (Lipinski definition) is 2. The van der Waals surface area contributed by atoms with Gasteiger partial charge in [-0.1, -0.05) is 25.7 Å². The summed E-state index contributed by atoms with van der Waals surface area (Å²) in [5, 5.41) is 9.48. The van der Waals surface area contributed by atoms with E-state index in [0.29, 0.717) is 5.92 Å². The molecule has 0 spiro atoms. The molecule has 2 fully saturated rings. The van der Waals surface area contributed by atoms with Crippen LogP contribution in [-0.4, -0.2) is 44.6 Å². The minimum Gasteiger partial charge on any atom is -0.389 e. The van der Waals surface area contributed by atoms with Gasteiger partial charge in [-0.2, -0.15) is 0 Å². The van der Waals surface area contributed by atoms with E-state index in [2.05, 4.69) is 4.72 Å². The number of nitrogens with one attached hydrogen (secondary N) is 1. The van der Waals surface area contributed by atoms with Crippen LogP contribution in [0.1, 0.15) is 32.1 Å². The van der Waals surface area contributed by atoms with Gasteiger partial charge in [0.1, 0.15) is 0 Å². The third-order valence-corrected chi connectivity index (χ3v) is 5.09. The molecular weight excluding hydrogens is 242 g/mol. The van der Waals surface area contributed by atoms with Gasteiger partial charge >= 0.3 is 0 Å². The lowest BCUT2D eigenvalue weighted by molar-refractivity contribution is 0.124. The molecule has 2 N–H and O–H groups in total. The predicted octanol–water partition coefficient (Wildman–Crippen LogP) is 0.246. The van der Waals surface area contributed by atoms with Gasteiger partial charge in [0.15, 0.2) is 0 Å². The van der Waals surface area contributed by atoms with Crippen molar-refractivity contribution in [3.63, 3.8) is 0 Å². The molecule has 1 saturated carbocycles. The standard InChI is InChI=1S/C11H21NO4S/c13-11-8-16-7-10(11)12-17(14,15)6-5-9-3-1-2-4-9/h9-13H,1-8H2/t10-,11-/m1/s1. The van der Waals surface area contributed by atoms with Gasteiger partial charge in [-0.25, -0.2) is 13.1 Å². The highest BCUT2D eigenvalue weighted by Gasteiger charge is 2.30. The Balaban J connectivity index is 1.77. The van der Waals surface area contributed by atoms with Gasteiger partial charge in [0.2, 0.25) is 10.0 Å². The molecule has 1 saturated heterocycles. The van der Waals surface area contributed by atoms with Crippen LogP contribution in [0.3, 0.4) is 0 Å². The van der Waals surface area contributed by atoms with E-state index in [9.17, 15) is 13.5 Å². The lowest BCUT2D eigenvalue weighted by Gasteiger charge is -2.16. The molecule has 0 aromatic carbocycles. The summed E-state index contributed by atoms with van der Waals surface area (Å²) in [6.07, 6.45) is 4.80. The molecule has 0 radical (unpaired) electrons. The van der Waals surface area contributed by atoms with Gasteiger partial charge in [-0.05, 0) is 12.3 Å². The molecule has 0 amide bonds. The molecule has 1 aliphatic heterocycles. The van der Waals surface area contributed by atoms with Gasteiger partial charge < -0.3 is 9.84 Å². The van der Waals surface area contributed by atoms with Crippen LogP contribution < -0.4 is 4.72 Å². The number of rotatable bonds is 5. The van der Waals surface area contributed by atoms with Gasteiger partial charge in [0.25, 0.3) is 0 Å². The van der Waals surface area contributed by atoms with Crippen LogP contribution >= 0.6 is 0 Å². The fourth-order valence-electron chi connectivity index (χ4n) is 2.57. The zero-order chi connectivity index (χ0) is 12.3. The fourth-order valence-corrected chi connectivity index (χ4v) is 4.01. The minimum atomic E-state index is -3.28. The first-order valence-electron chi connectivity index (χ1n) is 6.32. The van der Waals surface area contributed by atoms with Crippen molar-refractivity contribution in [2.45, 2.75) is 44.2 Å². The average molecular weight is 263 g/mol. The summed E-state index contributed by atoms with van der Waals surface area (Å²) < 4.78 is 31.2. The van der Waals surface area contributed by atoms with Crippen LogP contribution in [0.25, 0.3) is 0 Å². The smallest absolute Gasteiger partial charge is 0.212 e. The van der Waals surface area contributed by atoms with Crippen LogP contribution in [0.5, 0.6) is 0 Å². The van der Waals surface area contributed by atoms with E-state index >= 15 is 0 Å². The molecule has 2 rings (SSSR count). The summed E-state index contributed by atoms with van der Waals surface area (Å²) in [4.78, 5) is 0. The zero-order valence-corrected chi connectivity index (χ0v) is 10.8. The summed E-state index contributed by atoms with van der Waals surface area (Å²) in [6, 6.07) is -0.469. The molecular formula is C11H21NO4S. The number of hydrogen-bond acceptors (Lipinski definition) is 4. The highest BCUT2D eigenvalue weighted by atomic mass is 32.2. The van der Waals surface area contributed by atoms with Crippen molar-refractivity contribution >= 4 is 10.0 Å². The number of sulfonamides is 1. The summed E-state index contributed by atoms with van der Waals surface area (Å²) in [5.41, 5.74) is 0. The second-order valence-corrected chi connectivity index (χ2v) is 6.96. The first-order valence-corrected chi connectivity index (χ1v) is 7.98. The summed E-state index contributed by atoms with van der Waals surface area (Å²) in [6.45, 7) is 0.486. The Labute approximate surface area is 103 Å². The fraction of sp³-hybridized carbons (Fsp3) is 1.00. The topological polar surface area (TPSA) is 75.6 Å². The van der Waals surface area contributed by atoms with E-state index in [1.54, 1.807) is 0 Å². The minimum absolute atomic E-state index is 0.168. The van der Waals surface area contributed by atoms with Crippen molar-refractivity contribution in [1.29, 1.82) is 0 Å². The number of aliphatic hydroxyl groups excluding tert-OH is 1. The monoisotopic (exact) mass is 263 g/mol. The SMILES string of the molecule is O=S(=O)(CCC1CCCC1)N[C@@H]1COC[C@H]1O. The maximum Gasteiger partial charge on any atom is 0.212 e. The summed E-state index contributed by atoms with van der Waals surface area (Å²) >= 11 is 0. The molecule has 0 aromatic rings. The second-order valence-electron chi connectivity index (χ2n) is 5.09. The zero-order valence-electron chi connectivity index (χ0n) is 9.97. The molecule has 17 heavy (non-hydrogen) atoms. The van der Waals surface area contributed by atoms with Crippen LogP contribution in [0.4, 0.5) is 0 Å². The Morgan fingerprint density at radius 3 is 2.53 bits per heavy atom. The molecule has 1 aliphatic carbocycles. The van der Waals surface area contributed by atoms with E-state index in [0.717, 1.165) is 19.3 Å². The van der Waals surface area contributed by atoms with Gasteiger partial charge in [0.05, 0.1) is 31.1 Å². The Bertz CT molecular complexity index is 337. The Hall–Kier alpha value is -0.170. The number of ether oxygens (including phenoxy) is 1. The summed E-state index contributed by atoms with van der Waals surface area (Å²) in [7, 11) is -3.28. The Kier molecular flexibility index (Phi) is 4.41. The predicted molar refractivity (Wildman–Crippen MR) is 64.1 cm³/mol. The molecule has 2 aliphatic rings. The second kappa shape index (κ2) is 5.65.